The fourth-order valence-corrected chi connectivity index (χ4v) is 2.78. The van der Waals surface area contributed by atoms with Crippen molar-refractivity contribution in [3.8, 4) is 0 Å². The van der Waals surface area contributed by atoms with Gasteiger partial charge in [-0.1, -0.05) is 0 Å². The number of carbonyl (C=O) groups excluding carboxylic acids is 1. The van der Waals surface area contributed by atoms with Gasteiger partial charge >= 0.3 is 0 Å². The zero-order chi connectivity index (χ0) is 13.2. The lowest BCUT2D eigenvalue weighted by molar-refractivity contribution is -0.120. The first kappa shape index (κ1) is 13.4. The molecule has 1 aromatic rings. The summed E-state index contributed by atoms with van der Waals surface area (Å²) < 4.78 is 26.5. The van der Waals surface area contributed by atoms with Crippen LogP contribution in [0, 0.1) is 0 Å². The maximum absolute atomic E-state index is 11.8. The lowest BCUT2D eigenvalue weighted by Gasteiger charge is -2.07. The van der Waals surface area contributed by atoms with Crippen LogP contribution in [0.2, 0.25) is 0 Å². The maximum Gasteiger partial charge on any atom is 0.242 e. The molecule has 18 heavy (non-hydrogen) atoms. The van der Waals surface area contributed by atoms with Gasteiger partial charge in [-0.3, -0.25) is 9.78 Å². The third-order valence-corrected chi connectivity index (χ3v) is 4.16. The Morgan fingerprint density at radius 2 is 2.17 bits per heavy atom. The normalized spacial score (nSPS) is 15.4. The number of nitrogens with zero attached hydrogens (tertiary/aromatic N) is 1. The van der Waals surface area contributed by atoms with Crippen molar-refractivity contribution in [1.82, 2.24) is 15.0 Å². The Hall–Kier alpha value is -0.990. The van der Waals surface area contributed by atoms with E-state index in [0.29, 0.717) is 4.47 Å². The van der Waals surface area contributed by atoms with Crippen molar-refractivity contribution < 1.29 is 13.2 Å². The summed E-state index contributed by atoms with van der Waals surface area (Å²) in [6, 6.07) is 1.64. The predicted octanol–water partition coefficient (Wildman–Crippen LogP) is 0.401. The summed E-state index contributed by atoms with van der Waals surface area (Å²) in [4.78, 5) is 15.2. The number of hydrogen-bond acceptors (Lipinski definition) is 4. The standard InChI is InChI=1S/C10H12BrN3O3S/c11-7-3-9(5-12-4-7)18(16,17)13-6-10(15)14-8-1-2-8/h3-5,8,13H,1-2,6H2,(H,14,15). The quantitative estimate of drug-likeness (QED) is 0.816. The van der Waals surface area contributed by atoms with E-state index in [1.165, 1.54) is 18.5 Å². The van der Waals surface area contributed by atoms with E-state index in [1.54, 1.807) is 0 Å². The smallest absolute Gasteiger partial charge is 0.242 e. The van der Waals surface area contributed by atoms with Crippen LogP contribution in [0.5, 0.6) is 0 Å². The first-order valence-corrected chi connectivity index (χ1v) is 7.64. The van der Waals surface area contributed by atoms with Crippen LogP contribution < -0.4 is 10.0 Å². The van der Waals surface area contributed by atoms with Gasteiger partial charge in [-0.15, -0.1) is 0 Å². The minimum Gasteiger partial charge on any atom is -0.352 e. The number of amides is 1. The summed E-state index contributed by atoms with van der Waals surface area (Å²) in [5.74, 6) is -0.316. The molecule has 2 rings (SSSR count). The number of nitrogens with one attached hydrogen (secondary N) is 2. The van der Waals surface area contributed by atoms with Gasteiger partial charge in [0.1, 0.15) is 4.90 Å². The van der Waals surface area contributed by atoms with Crippen LogP contribution in [0.15, 0.2) is 27.8 Å². The second-order valence-corrected chi connectivity index (χ2v) is 6.69. The topological polar surface area (TPSA) is 88.2 Å². The SMILES string of the molecule is O=C(CNS(=O)(=O)c1cncc(Br)c1)NC1CC1. The zero-order valence-corrected chi connectivity index (χ0v) is 11.8. The van der Waals surface area contributed by atoms with E-state index < -0.39 is 10.0 Å². The first-order valence-electron chi connectivity index (χ1n) is 5.37. The van der Waals surface area contributed by atoms with Crippen molar-refractivity contribution in [2.24, 2.45) is 0 Å². The van der Waals surface area contributed by atoms with E-state index in [-0.39, 0.29) is 23.4 Å². The van der Waals surface area contributed by atoms with E-state index in [9.17, 15) is 13.2 Å². The number of carbonyl (C=O) groups is 1. The van der Waals surface area contributed by atoms with Crippen LogP contribution in [-0.2, 0) is 14.8 Å². The maximum atomic E-state index is 11.8. The number of halogens is 1. The molecule has 0 atom stereocenters. The lowest BCUT2D eigenvalue weighted by atomic mass is 10.5. The van der Waals surface area contributed by atoms with Gasteiger partial charge in [-0.25, -0.2) is 13.1 Å². The highest BCUT2D eigenvalue weighted by Gasteiger charge is 2.24. The van der Waals surface area contributed by atoms with Crippen LogP contribution in [0.25, 0.3) is 0 Å². The van der Waals surface area contributed by atoms with Crippen molar-refractivity contribution in [3.63, 3.8) is 0 Å². The van der Waals surface area contributed by atoms with Gasteiger partial charge in [0.15, 0.2) is 0 Å². The molecule has 1 heterocycles. The van der Waals surface area contributed by atoms with E-state index in [2.05, 4.69) is 31.0 Å². The number of rotatable bonds is 5. The third-order valence-electron chi connectivity index (χ3n) is 2.36. The second-order valence-electron chi connectivity index (χ2n) is 4.01. The number of pyridine rings is 1. The largest absolute Gasteiger partial charge is 0.352 e. The number of hydrogen-bond donors (Lipinski definition) is 2. The van der Waals surface area contributed by atoms with E-state index in [4.69, 9.17) is 0 Å². The molecule has 0 spiro atoms. The molecule has 1 aliphatic rings. The predicted molar refractivity (Wildman–Crippen MR) is 68.3 cm³/mol. The molecule has 0 bridgehead atoms. The van der Waals surface area contributed by atoms with Crippen LogP contribution >= 0.6 is 15.9 Å². The molecule has 98 valence electrons. The van der Waals surface area contributed by atoms with Gasteiger partial charge in [0.2, 0.25) is 15.9 Å². The van der Waals surface area contributed by atoms with E-state index >= 15 is 0 Å². The molecular weight excluding hydrogens is 322 g/mol. The molecular formula is C10H12BrN3O3S. The Bertz CT molecular complexity index is 557. The van der Waals surface area contributed by atoms with E-state index in [0.717, 1.165) is 12.8 Å². The molecule has 0 saturated heterocycles. The van der Waals surface area contributed by atoms with Gasteiger partial charge in [-0.2, -0.15) is 0 Å². The summed E-state index contributed by atoms with van der Waals surface area (Å²) in [5, 5.41) is 2.70. The molecule has 6 nitrogen and oxygen atoms in total. The first-order chi connectivity index (χ1) is 8.47. The Kier molecular flexibility index (Phi) is 3.98. The minimum absolute atomic E-state index is 0.0242. The van der Waals surface area contributed by atoms with Gasteiger partial charge < -0.3 is 5.32 Å². The zero-order valence-electron chi connectivity index (χ0n) is 9.39. The lowest BCUT2D eigenvalue weighted by Crippen LogP contribution is -2.37. The van der Waals surface area contributed by atoms with Crippen molar-refractivity contribution in [1.29, 1.82) is 0 Å². The van der Waals surface area contributed by atoms with Crippen molar-refractivity contribution in [2.45, 2.75) is 23.8 Å². The van der Waals surface area contributed by atoms with Gasteiger partial charge in [0, 0.05) is 22.9 Å². The molecule has 0 unspecified atom stereocenters. The summed E-state index contributed by atoms with van der Waals surface area (Å²) in [6.45, 7) is -0.259. The Balaban J connectivity index is 1.96. The summed E-state index contributed by atoms with van der Waals surface area (Å²) in [6.07, 6.45) is 4.65. The fraction of sp³-hybridized carbons (Fsp3) is 0.400. The monoisotopic (exact) mass is 333 g/mol. The molecule has 1 aromatic heterocycles. The Morgan fingerprint density at radius 1 is 1.44 bits per heavy atom. The van der Waals surface area contributed by atoms with Crippen molar-refractivity contribution >= 4 is 31.9 Å². The second kappa shape index (κ2) is 5.33. The average Bonchev–Trinajstić information content (AvgIpc) is 3.10. The molecule has 1 saturated carbocycles. The fourth-order valence-electron chi connectivity index (χ4n) is 1.29. The van der Waals surface area contributed by atoms with Crippen LogP contribution in [0.4, 0.5) is 0 Å². The van der Waals surface area contributed by atoms with Gasteiger partial charge in [0.25, 0.3) is 0 Å². The third kappa shape index (κ3) is 3.76. The van der Waals surface area contributed by atoms with Crippen LogP contribution in [-0.4, -0.2) is 31.9 Å². The van der Waals surface area contributed by atoms with E-state index in [1.807, 2.05) is 0 Å². The Morgan fingerprint density at radius 3 is 2.78 bits per heavy atom. The van der Waals surface area contributed by atoms with Gasteiger partial charge in [-0.05, 0) is 34.8 Å². The molecule has 1 amide bonds. The van der Waals surface area contributed by atoms with Crippen LogP contribution in [0.3, 0.4) is 0 Å². The summed E-state index contributed by atoms with van der Waals surface area (Å²) in [5.41, 5.74) is 0. The molecule has 1 aliphatic carbocycles. The molecule has 0 aromatic carbocycles. The molecule has 0 aliphatic heterocycles. The number of aromatic nitrogens is 1. The molecule has 0 radical (unpaired) electrons. The summed E-state index contributed by atoms with van der Waals surface area (Å²) in [7, 11) is -3.70. The molecule has 1 fully saturated rings. The molecule has 8 heteroatoms. The highest BCUT2D eigenvalue weighted by molar-refractivity contribution is 9.10. The summed E-state index contributed by atoms with van der Waals surface area (Å²) >= 11 is 3.14. The minimum atomic E-state index is -3.70. The van der Waals surface area contributed by atoms with Gasteiger partial charge in [0.05, 0.1) is 6.54 Å². The average molecular weight is 334 g/mol. The highest BCUT2D eigenvalue weighted by Crippen LogP contribution is 2.18. The van der Waals surface area contributed by atoms with Crippen molar-refractivity contribution in [3.05, 3.63) is 22.9 Å². The number of sulfonamides is 1. The highest BCUT2D eigenvalue weighted by atomic mass is 79.9. The Labute approximate surface area is 113 Å². The van der Waals surface area contributed by atoms with Crippen LogP contribution in [0.1, 0.15) is 12.8 Å². The van der Waals surface area contributed by atoms with Crippen molar-refractivity contribution in [2.75, 3.05) is 6.54 Å². The molecule has 2 N–H and O–H groups in total.